The second-order valence-corrected chi connectivity index (χ2v) is 4.60. The van der Waals surface area contributed by atoms with Crippen molar-refractivity contribution < 1.29 is 13.6 Å². The number of aryl methyl sites for hydroxylation is 1. The first kappa shape index (κ1) is 11.9. The van der Waals surface area contributed by atoms with Crippen LogP contribution in [0.4, 0.5) is 10.1 Å². The van der Waals surface area contributed by atoms with Gasteiger partial charge < -0.3 is 10.2 Å². The molecule has 1 fully saturated rings. The fourth-order valence-electron chi connectivity index (χ4n) is 2.32. The molecule has 0 spiro atoms. The van der Waals surface area contributed by atoms with Crippen molar-refractivity contribution in [2.75, 3.05) is 4.90 Å². The lowest BCUT2D eigenvalue weighted by atomic mass is 9.92. The molecular weight excluding hydrogens is 247 g/mol. The predicted octanol–water partition coefficient (Wildman–Crippen LogP) is 2.14. The van der Waals surface area contributed by atoms with Crippen molar-refractivity contribution in [1.82, 2.24) is 0 Å². The molecule has 1 amide bonds. The van der Waals surface area contributed by atoms with Gasteiger partial charge in [-0.25, -0.2) is 4.39 Å². The summed E-state index contributed by atoms with van der Waals surface area (Å²) in [6.45, 7) is 1.83. The molecule has 5 heteroatoms. The Morgan fingerprint density at radius 1 is 1.21 bits per heavy atom. The van der Waals surface area contributed by atoms with Crippen molar-refractivity contribution in [2.24, 2.45) is 5.73 Å². The topological polar surface area (TPSA) is 59.5 Å². The van der Waals surface area contributed by atoms with Gasteiger partial charge in [0.05, 0.1) is 0 Å². The summed E-state index contributed by atoms with van der Waals surface area (Å²) in [6.07, 6.45) is 0. The van der Waals surface area contributed by atoms with Crippen LogP contribution in [0.5, 0.6) is 0 Å². The molecule has 3 rings (SSSR count). The molecule has 2 aromatic rings. The number of nitrogens with zero attached hydrogens (tertiary/aromatic N) is 1. The molecule has 4 nitrogen and oxygen atoms in total. The predicted molar refractivity (Wildman–Crippen MR) is 68.0 cm³/mol. The van der Waals surface area contributed by atoms with Gasteiger partial charge in [0.25, 0.3) is 0 Å². The first-order valence-electron chi connectivity index (χ1n) is 5.98. The Balaban J connectivity index is 1.95. The van der Waals surface area contributed by atoms with Crippen molar-refractivity contribution in [1.29, 1.82) is 0 Å². The maximum Gasteiger partial charge on any atom is 0.247 e. The summed E-state index contributed by atoms with van der Waals surface area (Å²) in [5.41, 5.74) is 6.46. The third-order valence-electron chi connectivity index (χ3n) is 3.30. The number of β-lactam (4-membered cyclic amide) rings is 1. The molecule has 2 atom stereocenters. The standard InChI is InChI=1S/C14H13FN2O2/c1-8-2-7-11(19-8)13-12(16)14(18)17(13)10-5-3-9(15)4-6-10/h2-7,12-13H,16H2,1H3/t12-,13+/m0/s1. The highest BCUT2D eigenvalue weighted by molar-refractivity contribution is 6.05. The van der Waals surface area contributed by atoms with E-state index in [1.165, 1.54) is 17.0 Å². The average Bonchev–Trinajstić information content (AvgIpc) is 2.82. The summed E-state index contributed by atoms with van der Waals surface area (Å²) in [5.74, 6) is 0.881. The van der Waals surface area contributed by atoms with Gasteiger partial charge in [0.1, 0.15) is 29.4 Å². The van der Waals surface area contributed by atoms with E-state index < -0.39 is 6.04 Å². The number of halogens is 1. The van der Waals surface area contributed by atoms with E-state index >= 15 is 0 Å². The Labute approximate surface area is 109 Å². The van der Waals surface area contributed by atoms with Crippen molar-refractivity contribution in [3.05, 3.63) is 53.7 Å². The Morgan fingerprint density at radius 3 is 2.47 bits per heavy atom. The van der Waals surface area contributed by atoms with Gasteiger partial charge in [-0.1, -0.05) is 0 Å². The number of carbonyl (C=O) groups is 1. The number of hydrogen-bond acceptors (Lipinski definition) is 3. The largest absolute Gasteiger partial charge is 0.464 e. The second kappa shape index (κ2) is 4.20. The Hall–Kier alpha value is -2.14. The molecule has 0 aliphatic carbocycles. The minimum atomic E-state index is -0.615. The summed E-state index contributed by atoms with van der Waals surface area (Å²) < 4.78 is 18.5. The molecule has 0 saturated carbocycles. The normalized spacial score (nSPS) is 22.5. The molecule has 19 heavy (non-hydrogen) atoms. The third-order valence-corrected chi connectivity index (χ3v) is 3.30. The van der Waals surface area contributed by atoms with Crippen LogP contribution in [0, 0.1) is 12.7 Å². The molecule has 98 valence electrons. The van der Waals surface area contributed by atoms with Crippen molar-refractivity contribution in [3.63, 3.8) is 0 Å². The zero-order chi connectivity index (χ0) is 13.6. The van der Waals surface area contributed by atoms with Gasteiger partial charge in [-0.2, -0.15) is 0 Å². The molecule has 1 aromatic carbocycles. The highest BCUT2D eigenvalue weighted by Crippen LogP contribution is 2.38. The van der Waals surface area contributed by atoms with Crippen LogP contribution in [0.15, 0.2) is 40.8 Å². The summed E-state index contributed by atoms with van der Waals surface area (Å²) in [7, 11) is 0. The lowest BCUT2D eigenvalue weighted by molar-refractivity contribution is -0.126. The molecule has 1 saturated heterocycles. The van der Waals surface area contributed by atoms with E-state index in [1.807, 2.05) is 19.1 Å². The number of anilines is 1. The first-order chi connectivity index (χ1) is 9.08. The third kappa shape index (κ3) is 1.82. The van der Waals surface area contributed by atoms with E-state index in [0.29, 0.717) is 11.4 Å². The quantitative estimate of drug-likeness (QED) is 0.841. The van der Waals surface area contributed by atoms with E-state index in [2.05, 4.69) is 0 Å². The maximum atomic E-state index is 12.9. The monoisotopic (exact) mass is 260 g/mol. The minimum absolute atomic E-state index is 0.189. The molecule has 1 aliphatic rings. The number of furan rings is 1. The zero-order valence-electron chi connectivity index (χ0n) is 10.3. The number of nitrogens with two attached hydrogens (primary N) is 1. The lowest BCUT2D eigenvalue weighted by Gasteiger charge is -2.44. The van der Waals surface area contributed by atoms with Gasteiger partial charge in [0, 0.05) is 5.69 Å². The van der Waals surface area contributed by atoms with Gasteiger partial charge in [0.2, 0.25) is 5.91 Å². The van der Waals surface area contributed by atoms with E-state index in [1.54, 1.807) is 12.1 Å². The highest BCUT2D eigenvalue weighted by atomic mass is 19.1. The molecular formula is C14H13FN2O2. The van der Waals surface area contributed by atoms with Crippen LogP contribution in [0.3, 0.4) is 0 Å². The van der Waals surface area contributed by atoms with Crippen LogP contribution in [0.1, 0.15) is 17.6 Å². The van der Waals surface area contributed by atoms with Gasteiger partial charge in [-0.05, 0) is 43.3 Å². The average molecular weight is 260 g/mol. The van der Waals surface area contributed by atoms with Crippen LogP contribution in [0.25, 0.3) is 0 Å². The van der Waals surface area contributed by atoms with Gasteiger partial charge >= 0.3 is 0 Å². The van der Waals surface area contributed by atoms with Gasteiger partial charge in [-0.3, -0.25) is 9.69 Å². The Kier molecular flexibility index (Phi) is 2.64. The molecule has 0 bridgehead atoms. The van der Waals surface area contributed by atoms with Crippen LogP contribution in [-0.4, -0.2) is 11.9 Å². The highest BCUT2D eigenvalue weighted by Gasteiger charge is 2.48. The van der Waals surface area contributed by atoms with Gasteiger partial charge in [-0.15, -0.1) is 0 Å². The molecule has 0 unspecified atom stereocenters. The Bertz CT molecular complexity index is 621. The first-order valence-corrected chi connectivity index (χ1v) is 5.98. The van der Waals surface area contributed by atoms with E-state index in [9.17, 15) is 9.18 Å². The van der Waals surface area contributed by atoms with Crippen LogP contribution < -0.4 is 10.6 Å². The minimum Gasteiger partial charge on any atom is -0.464 e. The molecule has 2 heterocycles. The number of carbonyl (C=O) groups excluding carboxylic acids is 1. The van der Waals surface area contributed by atoms with Crippen molar-refractivity contribution in [3.8, 4) is 0 Å². The van der Waals surface area contributed by atoms with E-state index in [4.69, 9.17) is 10.2 Å². The number of rotatable bonds is 2. The lowest BCUT2D eigenvalue weighted by Crippen LogP contribution is -2.63. The molecule has 2 N–H and O–H groups in total. The van der Waals surface area contributed by atoms with Crippen LogP contribution in [-0.2, 0) is 4.79 Å². The zero-order valence-corrected chi connectivity index (χ0v) is 10.3. The fourth-order valence-corrected chi connectivity index (χ4v) is 2.32. The summed E-state index contributed by atoms with van der Waals surface area (Å²) >= 11 is 0. The van der Waals surface area contributed by atoms with Crippen LogP contribution in [0.2, 0.25) is 0 Å². The molecule has 0 radical (unpaired) electrons. The van der Waals surface area contributed by atoms with Crippen molar-refractivity contribution in [2.45, 2.75) is 19.0 Å². The van der Waals surface area contributed by atoms with Crippen LogP contribution >= 0.6 is 0 Å². The Morgan fingerprint density at radius 2 is 1.89 bits per heavy atom. The van der Waals surface area contributed by atoms with Crippen molar-refractivity contribution >= 4 is 11.6 Å². The van der Waals surface area contributed by atoms with E-state index in [-0.39, 0.29) is 17.8 Å². The van der Waals surface area contributed by atoms with Gasteiger partial charge in [0.15, 0.2) is 0 Å². The second-order valence-electron chi connectivity index (χ2n) is 4.60. The SMILES string of the molecule is Cc1ccc([C@@H]2[C@H](N)C(=O)N2c2ccc(F)cc2)o1. The summed E-state index contributed by atoms with van der Waals surface area (Å²) in [4.78, 5) is 13.4. The maximum absolute atomic E-state index is 12.9. The molecule has 1 aromatic heterocycles. The summed E-state index contributed by atoms with van der Waals surface area (Å²) in [5, 5.41) is 0. The smallest absolute Gasteiger partial charge is 0.247 e. The fraction of sp³-hybridized carbons (Fsp3) is 0.214. The van der Waals surface area contributed by atoms with E-state index in [0.717, 1.165) is 5.76 Å². The number of hydrogen-bond donors (Lipinski definition) is 1. The number of benzene rings is 1. The molecule has 1 aliphatic heterocycles. The number of amides is 1. The summed E-state index contributed by atoms with van der Waals surface area (Å²) in [6, 6.07) is 8.44.